The van der Waals surface area contributed by atoms with Gasteiger partial charge in [-0.1, -0.05) is 12.1 Å². The molecule has 0 aliphatic rings. The molecule has 5 heteroatoms. The Kier molecular flexibility index (Phi) is 4.62. The number of ether oxygens (including phenoxy) is 1. The second-order valence-electron chi connectivity index (χ2n) is 5.07. The van der Waals surface area contributed by atoms with Gasteiger partial charge >= 0.3 is 0 Å². The average molecular weight is 287 g/mol. The Labute approximate surface area is 124 Å². The summed E-state index contributed by atoms with van der Waals surface area (Å²) in [5, 5.41) is 7.26. The van der Waals surface area contributed by atoms with Gasteiger partial charge in [0, 0.05) is 24.8 Å². The number of hydrogen-bond acceptors (Lipinski definition) is 3. The molecular weight excluding hydrogens is 266 g/mol. The van der Waals surface area contributed by atoms with Gasteiger partial charge in [-0.05, 0) is 31.5 Å². The van der Waals surface area contributed by atoms with Crippen molar-refractivity contribution < 1.29 is 9.53 Å². The first-order valence-electron chi connectivity index (χ1n) is 6.90. The van der Waals surface area contributed by atoms with Crippen LogP contribution in [0.15, 0.2) is 24.3 Å². The molecule has 1 heterocycles. The number of benzene rings is 1. The third-order valence-corrected chi connectivity index (χ3v) is 3.64. The van der Waals surface area contributed by atoms with E-state index < -0.39 is 0 Å². The molecule has 21 heavy (non-hydrogen) atoms. The van der Waals surface area contributed by atoms with Gasteiger partial charge in [0.15, 0.2) is 0 Å². The first-order valence-corrected chi connectivity index (χ1v) is 6.90. The maximum atomic E-state index is 12.0. The molecule has 0 atom stereocenters. The van der Waals surface area contributed by atoms with Gasteiger partial charge < -0.3 is 10.1 Å². The van der Waals surface area contributed by atoms with Crippen molar-refractivity contribution in [2.24, 2.45) is 7.05 Å². The third kappa shape index (κ3) is 3.62. The van der Waals surface area contributed by atoms with Crippen LogP contribution >= 0.6 is 0 Å². The van der Waals surface area contributed by atoms with E-state index in [0.29, 0.717) is 13.0 Å². The molecule has 0 saturated heterocycles. The summed E-state index contributed by atoms with van der Waals surface area (Å²) in [6.07, 6.45) is 0.363. The topological polar surface area (TPSA) is 56.1 Å². The quantitative estimate of drug-likeness (QED) is 0.914. The molecule has 1 N–H and O–H groups in total. The molecule has 1 aromatic heterocycles. The van der Waals surface area contributed by atoms with Gasteiger partial charge in [-0.2, -0.15) is 5.10 Å². The lowest BCUT2D eigenvalue weighted by Gasteiger charge is -2.07. The lowest BCUT2D eigenvalue weighted by atomic mass is 10.1. The first-order chi connectivity index (χ1) is 10.0. The van der Waals surface area contributed by atoms with Gasteiger partial charge in [-0.3, -0.25) is 9.48 Å². The third-order valence-electron chi connectivity index (χ3n) is 3.64. The molecule has 5 nitrogen and oxygen atoms in total. The minimum Gasteiger partial charge on any atom is -0.497 e. The first kappa shape index (κ1) is 15.1. The Hall–Kier alpha value is -2.30. The Bertz CT molecular complexity index is 630. The van der Waals surface area contributed by atoms with Crippen LogP contribution in [0.5, 0.6) is 5.75 Å². The van der Waals surface area contributed by atoms with Crippen LogP contribution in [0, 0.1) is 13.8 Å². The van der Waals surface area contributed by atoms with Crippen LogP contribution in [-0.2, 0) is 24.8 Å². The number of aryl methyl sites for hydroxylation is 2. The molecule has 0 saturated carbocycles. The smallest absolute Gasteiger partial charge is 0.224 e. The Morgan fingerprint density at radius 3 is 2.48 bits per heavy atom. The second-order valence-corrected chi connectivity index (χ2v) is 5.07. The summed E-state index contributed by atoms with van der Waals surface area (Å²) >= 11 is 0. The number of methoxy groups -OCH3 is 1. The summed E-state index contributed by atoms with van der Waals surface area (Å²) < 4.78 is 6.91. The van der Waals surface area contributed by atoms with Gasteiger partial charge in [-0.15, -0.1) is 0 Å². The van der Waals surface area contributed by atoms with Gasteiger partial charge in [-0.25, -0.2) is 0 Å². The number of nitrogens with one attached hydrogen (secondary N) is 1. The fourth-order valence-corrected chi connectivity index (χ4v) is 2.24. The van der Waals surface area contributed by atoms with E-state index in [-0.39, 0.29) is 5.91 Å². The van der Waals surface area contributed by atoms with Gasteiger partial charge in [0.2, 0.25) is 5.91 Å². The number of aromatic nitrogens is 2. The molecule has 0 spiro atoms. The number of rotatable bonds is 5. The molecule has 1 amide bonds. The molecule has 0 aliphatic carbocycles. The predicted octanol–water partition coefficient (Wildman–Crippen LogP) is 1.90. The standard InChI is InChI=1S/C16H21N3O2/c1-11-15(12(2)19(3)18-11)9-16(20)17-10-13-5-7-14(21-4)8-6-13/h5-8H,9-10H2,1-4H3,(H,17,20). The highest BCUT2D eigenvalue weighted by Crippen LogP contribution is 2.13. The monoisotopic (exact) mass is 287 g/mol. The van der Waals surface area contributed by atoms with E-state index in [1.54, 1.807) is 11.8 Å². The van der Waals surface area contributed by atoms with E-state index in [1.807, 2.05) is 45.2 Å². The van der Waals surface area contributed by atoms with Crippen LogP contribution in [0.4, 0.5) is 0 Å². The Morgan fingerprint density at radius 2 is 1.95 bits per heavy atom. The second kappa shape index (κ2) is 6.43. The number of carbonyl (C=O) groups excluding carboxylic acids is 1. The average Bonchev–Trinajstić information content (AvgIpc) is 2.72. The van der Waals surface area contributed by atoms with Crippen molar-refractivity contribution in [3.05, 3.63) is 46.8 Å². The van der Waals surface area contributed by atoms with Gasteiger partial charge in [0.05, 0.1) is 19.2 Å². The van der Waals surface area contributed by atoms with E-state index >= 15 is 0 Å². The van der Waals surface area contributed by atoms with Crippen molar-refractivity contribution in [3.63, 3.8) is 0 Å². The molecule has 0 bridgehead atoms. The van der Waals surface area contributed by atoms with Crippen molar-refractivity contribution in [2.75, 3.05) is 7.11 Å². The lowest BCUT2D eigenvalue weighted by Crippen LogP contribution is -2.25. The molecule has 2 aromatic rings. The molecule has 0 fully saturated rings. The number of hydrogen-bond donors (Lipinski definition) is 1. The van der Waals surface area contributed by atoms with Crippen LogP contribution in [0.2, 0.25) is 0 Å². The molecule has 0 unspecified atom stereocenters. The van der Waals surface area contributed by atoms with E-state index in [4.69, 9.17) is 4.74 Å². The van der Waals surface area contributed by atoms with E-state index in [9.17, 15) is 4.79 Å². The van der Waals surface area contributed by atoms with Crippen molar-refractivity contribution >= 4 is 5.91 Å². The molecule has 112 valence electrons. The number of carbonyl (C=O) groups is 1. The molecule has 2 rings (SSSR count). The summed E-state index contributed by atoms with van der Waals surface area (Å²) in [5.41, 5.74) is 4.00. The number of amides is 1. The van der Waals surface area contributed by atoms with Crippen LogP contribution < -0.4 is 10.1 Å². The summed E-state index contributed by atoms with van der Waals surface area (Å²) in [6, 6.07) is 7.66. The molecule has 0 radical (unpaired) electrons. The Balaban J connectivity index is 1.92. The van der Waals surface area contributed by atoms with Gasteiger partial charge in [0.25, 0.3) is 0 Å². The summed E-state index contributed by atoms with van der Waals surface area (Å²) in [6.45, 7) is 4.42. The van der Waals surface area contributed by atoms with E-state index in [1.165, 1.54) is 0 Å². The highest BCUT2D eigenvalue weighted by Gasteiger charge is 2.13. The van der Waals surface area contributed by atoms with Crippen molar-refractivity contribution in [3.8, 4) is 5.75 Å². The highest BCUT2D eigenvalue weighted by atomic mass is 16.5. The highest BCUT2D eigenvalue weighted by molar-refractivity contribution is 5.79. The molecule has 0 aliphatic heterocycles. The zero-order chi connectivity index (χ0) is 15.4. The van der Waals surface area contributed by atoms with Gasteiger partial charge in [0.1, 0.15) is 5.75 Å². The van der Waals surface area contributed by atoms with Crippen molar-refractivity contribution in [2.45, 2.75) is 26.8 Å². The fourth-order valence-electron chi connectivity index (χ4n) is 2.24. The number of nitrogens with zero attached hydrogens (tertiary/aromatic N) is 2. The normalized spacial score (nSPS) is 10.5. The lowest BCUT2D eigenvalue weighted by molar-refractivity contribution is -0.120. The minimum absolute atomic E-state index is 0.00465. The zero-order valence-corrected chi connectivity index (χ0v) is 12.9. The van der Waals surface area contributed by atoms with E-state index in [2.05, 4.69) is 10.4 Å². The Morgan fingerprint density at radius 1 is 1.29 bits per heavy atom. The summed E-state index contributed by atoms with van der Waals surface area (Å²) in [7, 11) is 3.52. The SMILES string of the molecule is COc1ccc(CNC(=O)Cc2c(C)nn(C)c2C)cc1. The molecule has 1 aromatic carbocycles. The fraction of sp³-hybridized carbons (Fsp3) is 0.375. The maximum Gasteiger partial charge on any atom is 0.224 e. The summed E-state index contributed by atoms with van der Waals surface area (Å²) in [4.78, 5) is 12.0. The van der Waals surface area contributed by atoms with Crippen molar-refractivity contribution in [1.29, 1.82) is 0 Å². The van der Waals surface area contributed by atoms with Crippen LogP contribution in [-0.4, -0.2) is 22.8 Å². The molecular formula is C16H21N3O2. The van der Waals surface area contributed by atoms with Crippen LogP contribution in [0.25, 0.3) is 0 Å². The predicted molar refractivity (Wildman–Crippen MR) is 81.2 cm³/mol. The minimum atomic E-state index is 0.00465. The van der Waals surface area contributed by atoms with Crippen LogP contribution in [0.3, 0.4) is 0 Å². The maximum absolute atomic E-state index is 12.0. The largest absolute Gasteiger partial charge is 0.497 e. The van der Waals surface area contributed by atoms with Crippen LogP contribution in [0.1, 0.15) is 22.5 Å². The summed E-state index contributed by atoms with van der Waals surface area (Å²) in [5.74, 6) is 0.816. The zero-order valence-electron chi connectivity index (χ0n) is 12.9. The van der Waals surface area contributed by atoms with E-state index in [0.717, 1.165) is 28.3 Å². The van der Waals surface area contributed by atoms with Crippen molar-refractivity contribution in [1.82, 2.24) is 15.1 Å².